The number of carbonyl (C=O) groups excluding carboxylic acids is 1. The summed E-state index contributed by atoms with van der Waals surface area (Å²) in [6, 6.07) is 13.3. The molecule has 1 amide bonds. The van der Waals surface area contributed by atoms with E-state index in [0.29, 0.717) is 24.3 Å². The van der Waals surface area contributed by atoms with E-state index in [1.165, 1.54) is 4.31 Å². The van der Waals surface area contributed by atoms with Gasteiger partial charge < -0.3 is 5.32 Å². The van der Waals surface area contributed by atoms with Gasteiger partial charge in [-0.05, 0) is 56.1 Å². The summed E-state index contributed by atoms with van der Waals surface area (Å²) in [6.07, 6.45) is 1.99. The van der Waals surface area contributed by atoms with E-state index in [-0.39, 0.29) is 23.4 Å². The number of fused-ring (bicyclic) bond motifs is 1. The molecule has 9 heteroatoms. The summed E-state index contributed by atoms with van der Waals surface area (Å²) in [5.74, 6) is -0.155. The number of aryl methyl sites for hydroxylation is 1. The van der Waals surface area contributed by atoms with Gasteiger partial charge in [0.1, 0.15) is 5.01 Å². The van der Waals surface area contributed by atoms with Crippen molar-refractivity contribution in [3.8, 4) is 0 Å². The number of thiazole rings is 1. The Bertz CT molecular complexity index is 1220. The molecular weight excluding hydrogens is 456 g/mol. The van der Waals surface area contributed by atoms with Gasteiger partial charge in [0.25, 0.3) is 0 Å². The minimum atomic E-state index is -3.61. The van der Waals surface area contributed by atoms with Gasteiger partial charge in [0, 0.05) is 18.8 Å². The molecule has 1 aliphatic heterocycles. The van der Waals surface area contributed by atoms with Crippen LogP contribution in [0.4, 0.5) is 5.69 Å². The topological polar surface area (TPSA) is 82.6 Å². The summed E-state index contributed by atoms with van der Waals surface area (Å²) >= 11 is 1.69. The van der Waals surface area contributed by atoms with Gasteiger partial charge in [0.15, 0.2) is 0 Å². The summed E-state index contributed by atoms with van der Waals surface area (Å²) in [7, 11) is -3.61. The van der Waals surface area contributed by atoms with Crippen molar-refractivity contribution < 1.29 is 13.2 Å². The van der Waals surface area contributed by atoms with Crippen molar-refractivity contribution in [3.05, 3.63) is 53.0 Å². The molecule has 1 unspecified atom stereocenters. The van der Waals surface area contributed by atoms with Crippen molar-refractivity contribution in [3.63, 3.8) is 0 Å². The lowest BCUT2D eigenvalue weighted by molar-refractivity contribution is -0.117. The zero-order valence-electron chi connectivity index (χ0n) is 19.2. The largest absolute Gasteiger partial charge is 0.325 e. The minimum Gasteiger partial charge on any atom is -0.325 e. The van der Waals surface area contributed by atoms with Crippen LogP contribution in [0.25, 0.3) is 10.2 Å². The van der Waals surface area contributed by atoms with Crippen LogP contribution in [0.5, 0.6) is 0 Å². The van der Waals surface area contributed by atoms with Gasteiger partial charge in [-0.25, -0.2) is 13.4 Å². The fourth-order valence-corrected chi connectivity index (χ4v) is 7.22. The van der Waals surface area contributed by atoms with Crippen LogP contribution >= 0.6 is 11.3 Å². The maximum atomic E-state index is 13.0. The summed E-state index contributed by atoms with van der Waals surface area (Å²) in [5.41, 5.74) is 2.15. The highest BCUT2D eigenvalue weighted by molar-refractivity contribution is 7.89. The number of rotatable bonds is 8. The number of sulfonamides is 1. The van der Waals surface area contributed by atoms with Gasteiger partial charge in [-0.15, -0.1) is 11.3 Å². The molecule has 1 aliphatic rings. The Morgan fingerprint density at radius 2 is 1.97 bits per heavy atom. The maximum absolute atomic E-state index is 13.0. The third-order valence-corrected chi connectivity index (χ3v) is 9.43. The second kappa shape index (κ2) is 9.89. The summed E-state index contributed by atoms with van der Waals surface area (Å²) in [6.45, 7) is 7.29. The average Bonchev–Trinajstić information content (AvgIpc) is 3.42. The van der Waals surface area contributed by atoms with Crippen LogP contribution in [0.3, 0.4) is 0 Å². The molecule has 33 heavy (non-hydrogen) atoms. The molecule has 4 rings (SSSR count). The molecule has 176 valence electrons. The highest BCUT2D eigenvalue weighted by Gasteiger charge is 2.30. The van der Waals surface area contributed by atoms with Crippen molar-refractivity contribution in [1.29, 1.82) is 0 Å². The van der Waals surface area contributed by atoms with Crippen LogP contribution in [0.15, 0.2) is 47.4 Å². The van der Waals surface area contributed by atoms with E-state index in [0.717, 1.165) is 34.6 Å². The third-order valence-electron chi connectivity index (χ3n) is 6.10. The minimum absolute atomic E-state index is 0.129. The van der Waals surface area contributed by atoms with Gasteiger partial charge in [0.05, 0.1) is 27.7 Å². The lowest BCUT2D eigenvalue weighted by Crippen LogP contribution is -2.33. The van der Waals surface area contributed by atoms with E-state index in [4.69, 9.17) is 4.98 Å². The molecule has 1 aromatic heterocycles. The number of hydrogen-bond acceptors (Lipinski definition) is 6. The molecule has 7 nitrogen and oxygen atoms in total. The highest BCUT2D eigenvalue weighted by Crippen LogP contribution is 2.36. The molecule has 1 saturated heterocycles. The number of benzene rings is 2. The number of hydrogen-bond donors (Lipinski definition) is 1. The first-order valence-corrected chi connectivity index (χ1v) is 13.6. The SMILES string of the molecule is CCN(CC)S(=O)(=O)c1cc(NC(=O)CN2CCCC2c2nc3ccccc3s2)ccc1C. The first kappa shape index (κ1) is 23.8. The van der Waals surface area contributed by atoms with Crippen molar-refractivity contribution in [2.75, 3.05) is 31.5 Å². The molecule has 2 heterocycles. The van der Waals surface area contributed by atoms with Gasteiger partial charge in [-0.2, -0.15) is 4.31 Å². The lowest BCUT2D eigenvalue weighted by Gasteiger charge is -2.22. The summed E-state index contributed by atoms with van der Waals surface area (Å²) in [4.78, 5) is 20.1. The van der Waals surface area contributed by atoms with E-state index >= 15 is 0 Å². The van der Waals surface area contributed by atoms with Crippen LogP contribution in [0.1, 0.15) is 43.3 Å². The second-order valence-corrected chi connectivity index (χ2v) is 11.2. The predicted molar refractivity (Wildman–Crippen MR) is 133 cm³/mol. The lowest BCUT2D eigenvalue weighted by atomic mass is 10.2. The Balaban J connectivity index is 1.48. The molecule has 1 atom stereocenters. The molecule has 0 radical (unpaired) electrons. The van der Waals surface area contributed by atoms with Gasteiger partial charge in [-0.1, -0.05) is 32.0 Å². The van der Waals surface area contributed by atoms with Gasteiger partial charge in [-0.3, -0.25) is 9.69 Å². The molecule has 1 N–H and O–H groups in total. The Morgan fingerprint density at radius 3 is 2.70 bits per heavy atom. The summed E-state index contributed by atoms with van der Waals surface area (Å²) < 4.78 is 28.6. The third kappa shape index (κ3) is 4.96. The van der Waals surface area contributed by atoms with Crippen molar-refractivity contribution in [2.45, 2.75) is 44.6 Å². The number of aromatic nitrogens is 1. The van der Waals surface area contributed by atoms with Crippen LogP contribution < -0.4 is 5.32 Å². The van der Waals surface area contributed by atoms with Gasteiger partial charge >= 0.3 is 0 Å². The average molecular weight is 487 g/mol. The van der Waals surface area contributed by atoms with Crippen molar-refractivity contribution in [1.82, 2.24) is 14.2 Å². The molecule has 2 aromatic carbocycles. The number of nitrogens with one attached hydrogen (secondary N) is 1. The first-order chi connectivity index (χ1) is 15.8. The van der Waals surface area contributed by atoms with Crippen LogP contribution in [0.2, 0.25) is 0 Å². The summed E-state index contributed by atoms with van der Waals surface area (Å²) in [5, 5.41) is 3.95. The van der Waals surface area contributed by atoms with Crippen molar-refractivity contribution in [2.24, 2.45) is 0 Å². The Kier molecular flexibility index (Phi) is 7.13. The van der Waals surface area contributed by atoms with E-state index in [1.54, 1.807) is 36.5 Å². The first-order valence-electron chi connectivity index (χ1n) is 11.3. The molecule has 0 bridgehead atoms. The highest BCUT2D eigenvalue weighted by atomic mass is 32.2. The zero-order valence-corrected chi connectivity index (χ0v) is 20.9. The van der Waals surface area contributed by atoms with Crippen LogP contribution in [-0.2, 0) is 14.8 Å². The molecule has 0 saturated carbocycles. The number of carbonyl (C=O) groups is 1. The molecule has 0 spiro atoms. The Morgan fingerprint density at radius 1 is 1.21 bits per heavy atom. The maximum Gasteiger partial charge on any atom is 0.243 e. The second-order valence-electron chi connectivity index (χ2n) is 8.27. The van der Waals surface area contributed by atoms with Crippen LogP contribution in [0, 0.1) is 6.92 Å². The number of para-hydroxylation sites is 1. The molecule has 1 fully saturated rings. The van der Waals surface area contributed by atoms with Crippen LogP contribution in [-0.4, -0.2) is 54.7 Å². The van der Waals surface area contributed by atoms with Gasteiger partial charge in [0.2, 0.25) is 15.9 Å². The fraction of sp³-hybridized carbons (Fsp3) is 0.417. The molecular formula is C24H30N4O3S2. The van der Waals surface area contributed by atoms with Crippen molar-refractivity contribution >= 4 is 43.2 Å². The zero-order chi connectivity index (χ0) is 23.6. The number of nitrogens with zero attached hydrogens (tertiary/aromatic N) is 3. The molecule has 3 aromatic rings. The Hall–Kier alpha value is -2.33. The quantitative estimate of drug-likeness (QED) is 0.510. The number of likely N-dealkylation sites (tertiary alicyclic amines) is 1. The smallest absolute Gasteiger partial charge is 0.243 e. The Labute approximate surface area is 199 Å². The number of amides is 1. The van der Waals surface area contributed by atoms with E-state index in [2.05, 4.69) is 16.3 Å². The fourth-order valence-electron chi connectivity index (χ4n) is 4.37. The standard InChI is InChI=1S/C24H30N4O3S2/c1-4-28(5-2)33(30,31)22-15-18(13-12-17(22)3)25-23(29)16-27-14-8-10-20(27)24-26-19-9-6-7-11-21(19)32-24/h6-7,9,11-13,15,20H,4-5,8,10,14,16H2,1-3H3,(H,25,29). The van der Waals surface area contributed by atoms with E-state index in [1.807, 2.05) is 32.0 Å². The monoisotopic (exact) mass is 486 g/mol. The molecule has 0 aliphatic carbocycles. The van der Waals surface area contributed by atoms with E-state index < -0.39 is 10.0 Å². The predicted octanol–water partition coefficient (Wildman–Crippen LogP) is 4.41. The number of anilines is 1. The van der Waals surface area contributed by atoms with E-state index in [9.17, 15) is 13.2 Å². The normalized spacial score (nSPS) is 17.2.